The third kappa shape index (κ3) is 4.54. The Hall–Kier alpha value is 0.730. The molecular formula is C8H5FNa2O4S. The van der Waals surface area contributed by atoms with Gasteiger partial charge in [-0.3, -0.25) is 4.21 Å². The van der Waals surface area contributed by atoms with Crippen LogP contribution < -0.4 is 64.2 Å². The Morgan fingerprint density at radius 3 is 2.25 bits per heavy atom. The van der Waals surface area contributed by atoms with Gasteiger partial charge < -0.3 is 14.5 Å². The molecule has 1 unspecified atom stereocenters. The summed E-state index contributed by atoms with van der Waals surface area (Å²) in [6, 6.07) is 1.61. The monoisotopic (exact) mass is 262 g/mol. The van der Waals surface area contributed by atoms with Crippen LogP contribution in [0.4, 0.5) is 4.39 Å². The molecule has 0 heterocycles. The molecule has 8 heteroatoms. The summed E-state index contributed by atoms with van der Waals surface area (Å²) in [6.07, 6.45) is 0. The second-order valence-corrected chi connectivity index (χ2v) is 3.54. The zero-order valence-corrected chi connectivity index (χ0v) is 13.9. The maximum Gasteiger partial charge on any atom is 1.00 e. The first-order chi connectivity index (χ1) is 6.43. The third-order valence-corrected chi connectivity index (χ3v) is 2.35. The topological polar surface area (TPSA) is 80.3 Å². The van der Waals surface area contributed by atoms with E-state index in [1.54, 1.807) is 0 Å². The van der Waals surface area contributed by atoms with Crippen molar-refractivity contribution in [3.05, 3.63) is 29.1 Å². The van der Waals surface area contributed by atoms with Crippen molar-refractivity contribution >= 4 is 17.0 Å². The van der Waals surface area contributed by atoms with E-state index < -0.39 is 33.3 Å². The number of hydrogen-bond donors (Lipinski definition) is 0. The van der Waals surface area contributed by atoms with E-state index >= 15 is 0 Å². The van der Waals surface area contributed by atoms with E-state index in [0.29, 0.717) is 0 Å². The number of aromatic carboxylic acids is 1. The van der Waals surface area contributed by atoms with Crippen molar-refractivity contribution in [2.24, 2.45) is 0 Å². The van der Waals surface area contributed by atoms with Crippen LogP contribution in [0.2, 0.25) is 0 Å². The van der Waals surface area contributed by atoms with Gasteiger partial charge in [-0.15, -0.1) is 0 Å². The van der Waals surface area contributed by atoms with Gasteiger partial charge in [0.1, 0.15) is 5.82 Å². The molecule has 16 heavy (non-hydrogen) atoms. The van der Waals surface area contributed by atoms with Gasteiger partial charge in [0, 0.05) is 10.5 Å². The van der Waals surface area contributed by atoms with Crippen molar-refractivity contribution in [3.8, 4) is 0 Å². The molecule has 0 aliphatic rings. The molecule has 1 rings (SSSR count). The first-order valence-corrected chi connectivity index (χ1v) is 4.61. The molecule has 1 aromatic carbocycles. The molecule has 0 aliphatic carbocycles. The number of halogens is 1. The summed E-state index contributed by atoms with van der Waals surface area (Å²) in [4.78, 5) is 10.1. The first kappa shape index (κ1) is 19.1. The number of benzene rings is 1. The van der Waals surface area contributed by atoms with Gasteiger partial charge in [-0.1, -0.05) is 0 Å². The summed E-state index contributed by atoms with van der Waals surface area (Å²) in [6.45, 7) is 1.23. The first-order valence-electron chi connectivity index (χ1n) is 3.54. The molecule has 0 saturated carbocycles. The molecule has 0 aliphatic heterocycles. The fourth-order valence-electron chi connectivity index (χ4n) is 0.962. The number of rotatable bonds is 2. The van der Waals surface area contributed by atoms with Crippen LogP contribution in [0.15, 0.2) is 17.0 Å². The molecule has 0 spiro atoms. The van der Waals surface area contributed by atoms with Gasteiger partial charge >= 0.3 is 59.1 Å². The second kappa shape index (κ2) is 7.94. The number of carboxylic acid groups (broad SMARTS) is 1. The Kier molecular flexibility index (Phi) is 9.47. The van der Waals surface area contributed by atoms with E-state index in [0.717, 1.165) is 12.1 Å². The number of carbonyl (C=O) groups excluding carboxylic acids is 1. The van der Waals surface area contributed by atoms with Gasteiger partial charge in [-0.05, 0) is 35.7 Å². The molecule has 0 saturated heterocycles. The maximum atomic E-state index is 13.0. The van der Waals surface area contributed by atoms with E-state index in [9.17, 15) is 23.1 Å². The summed E-state index contributed by atoms with van der Waals surface area (Å²) >= 11 is -2.66. The minimum Gasteiger partial charge on any atom is -0.768 e. The van der Waals surface area contributed by atoms with Crippen molar-refractivity contribution in [2.75, 3.05) is 0 Å². The predicted octanol–water partition coefficient (Wildman–Crippen LogP) is -6.26. The van der Waals surface area contributed by atoms with Crippen LogP contribution in [0, 0.1) is 12.7 Å². The Morgan fingerprint density at radius 1 is 1.38 bits per heavy atom. The van der Waals surface area contributed by atoms with E-state index in [2.05, 4.69) is 0 Å². The number of carboxylic acids is 1. The molecule has 4 nitrogen and oxygen atoms in total. The maximum absolute atomic E-state index is 13.0. The average molecular weight is 262 g/mol. The normalized spacial score (nSPS) is 10.9. The molecule has 0 radical (unpaired) electrons. The van der Waals surface area contributed by atoms with Gasteiger partial charge in [0.25, 0.3) is 0 Å². The molecule has 0 amide bonds. The van der Waals surface area contributed by atoms with E-state index in [4.69, 9.17) is 0 Å². The van der Waals surface area contributed by atoms with Crippen molar-refractivity contribution in [1.29, 1.82) is 0 Å². The van der Waals surface area contributed by atoms with Gasteiger partial charge in [0.05, 0.1) is 5.97 Å². The van der Waals surface area contributed by atoms with Crippen molar-refractivity contribution in [2.45, 2.75) is 11.8 Å². The molecule has 0 N–H and O–H groups in total. The van der Waals surface area contributed by atoms with E-state index in [1.165, 1.54) is 6.92 Å². The molecule has 1 aromatic rings. The fourth-order valence-corrected chi connectivity index (χ4v) is 1.38. The van der Waals surface area contributed by atoms with E-state index in [-0.39, 0.29) is 64.7 Å². The zero-order chi connectivity index (χ0) is 10.9. The van der Waals surface area contributed by atoms with Gasteiger partial charge in [0.15, 0.2) is 0 Å². The van der Waals surface area contributed by atoms with Crippen LogP contribution >= 0.6 is 0 Å². The zero-order valence-electron chi connectivity index (χ0n) is 9.07. The van der Waals surface area contributed by atoms with Crippen LogP contribution in [-0.4, -0.2) is 14.7 Å². The van der Waals surface area contributed by atoms with Crippen molar-refractivity contribution < 1.29 is 82.2 Å². The Morgan fingerprint density at radius 2 is 1.88 bits per heavy atom. The van der Waals surface area contributed by atoms with Crippen LogP contribution in [0.5, 0.6) is 0 Å². The van der Waals surface area contributed by atoms with Crippen molar-refractivity contribution in [1.82, 2.24) is 0 Å². The molecule has 0 aromatic heterocycles. The van der Waals surface area contributed by atoms with Crippen LogP contribution in [0.3, 0.4) is 0 Å². The standard InChI is InChI=1S/C8H7FO4S.2Na/c1-4-6(8(10)11)2-5(14(12)13)3-7(4)9;;/h2-3H,1H3,(H,10,11)(H,12,13);;/q;2*+1/p-2. The van der Waals surface area contributed by atoms with Gasteiger partial charge in [0.2, 0.25) is 0 Å². The van der Waals surface area contributed by atoms with Crippen LogP contribution in [0.25, 0.3) is 0 Å². The fraction of sp³-hybridized carbons (Fsp3) is 0.125. The van der Waals surface area contributed by atoms with E-state index in [1.807, 2.05) is 0 Å². The molecule has 76 valence electrons. The minimum atomic E-state index is -2.66. The molecular weight excluding hydrogens is 257 g/mol. The molecule has 0 fully saturated rings. The Bertz CT molecular complexity index is 425. The average Bonchev–Trinajstić information content (AvgIpc) is 2.08. The molecule has 0 bridgehead atoms. The third-order valence-electron chi connectivity index (χ3n) is 1.73. The van der Waals surface area contributed by atoms with Crippen LogP contribution in [0.1, 0.15) is 15.9 Å². The summed E-state index contributed by atoms with van der Waals surface area (Å²) in [5, 5.41) is 10.5. The van der Waals surface area contributed by atoms with Crippen LogP contribution in [-0.2, 0) is 11.1 Å². The quantitative estimate of drug-likeness (QED) is 0.392. The summed E-state index contributed by atoms with van der Waals surface area (Å²) in [7, 11) is 0. The smallest absolute Gasteiger partial charge is 0.768 e. The summed E-state index contributed by atoms with van der Waals surface area (Å²) in [5.41, 5.74) is -0.594. The summed E-state index contributed by atoms with van der Waals surface area (Å²) < 4.78 is 33.9. The van der Waals surface area contributed by atoms with Gasteiger partial charge in [-0.2, -0.15) is 0 Å². The minimum absolute atomic E-state index is 0. The van der Waals surface area contributed by atoms with Gasteiger partial charge in [-0.25, -0.2) is 4.39 Å². The van der Waals surface area contributed by atoms with Crippen molar-refractivity contribution in [3.63, 3.8) is 0 Å². The largest absolute Gasteiger partial charge is 1.00 e. The number of carbonyl (C=O) groups is 1. The second-order valence-electron chi connectivity index (χ2n) is 2.60. The Balaban J connectivity index is 0. The molecule has 1 atom stereocenters. The predicted molar refractivity (Wildman–Crippen MR) is 42.7 cm³/mol. The summed E-state index contributed by atoms with van der Waals surface area (Å²) in [5.74, 6) is -2.49. The Labute approximate surface area is 138 Å². The SMILES string of the molecule is Cc1c(F)cc(S(=O)[O-])cc1C(=O)[O-].[Na+].[Na+]. The number of hydrogen-bond acceptors (Lipinski definition) is 4.